The number of nitrogens with two attached hydrogens (primary N) is 2. The SMILES string of the molecule is CCCCCCCCCCOc1cc(C(N)=O)cc(C(N)=O)c1. The average Bonchev–Trinajstić information content (AvgIpc) is 2.53. The number of rotatable bonds is 12. The van der Waals surface area contributed by atoms with Crippen LogP contribution in [0.5, 0.6) is 5.75 Å². The van der Waals surface area contributed by atoms with Crippen LogP contribution in [0.4, 0.5) is 0 Å². The zero-order valence-corrected chi connectivity index (χ0v) is 14.0. The van der Waals surface area contributed by atoms with E-state index in [0.717, 1.165) is 12.8 Å². The van der Waals surface area contributed by atoms with E-state index in [4.69, 9.17) is 16.2 Å². The molecule has 128 valence electrons. The molecule has 0 aliphatic heterocycles. The van der Waals surface area contributed by atoms with Gasteiger partial charge in [0.05, 0.1) is 6.61 Å². The van der Waals surface area contributed by atoms with E-state index in [2.05, 4.69) is 6.92 Å². The van der Waals surface area contributed by atoms with Crippen molar-refractivity contribution in [1.29, 1.82) is 0 Å². The predicted molar refractivity (Wildman–Crippen MR) is 91.6 cm³/mol. The molecule has 0 bridgehead atoms. The molecule has 0 heterocycles. The maximum absolute atomic E-state index is 11.3. The van der Waals surface area contributed by atoms with Gasteiger partial charge in [-0.05, 0) is 24.6 Å². The fourth-order valence-corrected chi connectivity index (χ4v) is 2.39. The molecule has 0 aliphatic rings. The molecule has 5 heteroatoms. The summed E-state index contributed by atoms with van der Waals surface area (Å²) < 4.78 is 5.62. The van der Waals surface area contributed by atoms with Gasteiger partial charge in [0.1, 0.15) is 5.75 Å². The number of hydrogen-bond donors (Lipinski definition) is 2. The van der Waals surface area contributed by atoms with Gasteiger partial charge < -0.3 is 16.2 Å². The third kappa shape index (κ3) is 7.68. The third-order valence-corrected chi connectivity index (χ3v) is 3.74. The number of ether oxygens (including phenoxy) is 1. The summed E-state index contributed by atoms with van der Waals surface area (Å²) >= 11 is 0. The first-order valence-electron chi connectivity index (χ1n) is 8.42. The van der Waals surface area contributed by atoms with Crippen LogP contribution in [0.25, 0.3) is 0 Å². The topological polar surface area (TPSA) is 95.4 Å². The van der Waals surface area contributed by atoms with Gasteiger partial charge in [0, 0.05) is 11.1 Å². The van der Waals surface area contributed by atoms with Crippen LogP contribution in [-0.2, 0) is 0 Å². The lowest BCUT2D eigenvalue weighted by Gasteiger charge is -2.09. The average molecular weight is 320 g/mol. The lowest BCUT2D eigenvalue weighted by Crippen LogP contribution is -2.16. The fourth-order valence-electron chi connectivity index (χ4n) is 2.39. The minimum absolute atomic E-state index is 0.229. The molecule has 0 aromatic heterocycles. The molecule has 0 fully saturated rings. The number of benzene rings is 1. The maximum Gasteiger partial charge on any atom is 0.248 e. The Morgan fingerprint density at radius 1 is 0.826 bits per heavy atom. The second kappa shape index (κ2) is 10.6. The fraction of sp³-hybridized carbons (Fsp3) is 0.556. The van der Waals surface area contributed by atoms with Crippen LogP contribution in [0.3, 0.4) is 0 Å². The summed E-state index contributed by atoms with van der Waals surface area (Å²) in [6.07, 6.45) is 9.75. The number of hydrogen-bond acceptors (Lipinski definition) is 3. The number of primary amides is 2. The second-order valence-electron chi connectivity index (χ2n) is 5.80. The first-order valence-corrected chi connectivity index (χ1v) is 8.42. The number of unbranched alkanes of at least 4 members (excludes halogenated alkanes) is 7. The van der Waals surface area contributed by atoms with Crippen molar-refractivity contribution in [2.75, 3.05) is 6.61 Å². The van der Waals surface area contributed by atoms with Crippen LogP contribution in [0.2, 0.25) is 0 Å². The van der Waals surface area contributed by atoms with Crippen molar-refractivity contribution in [2.45, 2.75) is 58.3 Å². The molecule has 0 aliphatic carbocycles. The van der Waals surface area contributed by atoms with Crippen LogP contribution in [0.1, 0.15) is 79.0 Å². The number of carbonyl (C=O) groups excluding carboxylic acids is 2. The molecule has 4 N–H and O–H groups in total. The molecule has 1 aromatic carbocycles. The lowest BCUT2D eigenvalue weighted by molar-refractivity contribution is 0.0999. The van der Waals surface area contributed by atoms with Gasteiger partial charge in [-0.3, -0.25) is 9.59 Å². The molecular formula is C18H28N2O3. The van der Waals surface area contributed by atoms with Crippen LogP contribution in [0.15, 0.2) is 18.2 Å². The highest BCUT2D eigenvalue weighted by molar-refractivity contribution is 5.99. The van der Waals surface area contributed by atoms with Gasteiger partial charge in [-0.1, -0.05) is 51.9 Å². The van der Waals surface area contributed by atoms with Gasteiger partial charge in [-0.25, -0.2) is 0 Å². The molecule has 0 saturated heterocycles. The van der Waals surface area contributed by atoms with E-state index >= 15 is 0 Å². The Kier molecular flexibility index (Phi) is 8.80. The quantitative estimate of drug-likeness (QED) is 0.578. The van der Waals surface area contributed by atoms with Gasteiger partial charge in [-0.15, -0.1) is 0 Å². The standard InChI is InChI=1S/C18H28N2O3/c1-2-3-4-5-6-7-8-9-10-23-16-12-14(17(19)21)11-15(13-16)18(20)22/h11-13H,2-10H2,1H3,(H2,19,21)(H2,20,22). The highest BCUT2D eigenvalue weighted by atomic mass is 16.5. The van der Waals surface area contributed by atoms with E-state index in [9.17, 15) is 9.59 Å². The summed E-state index contributed by atoms with van der Waals surface area (Å²) in [6, 6.07) is 4.47. The zero-order chi connectivity index (χ0) is 17.1. The molecule has 0 atom stereocenters. The summed E-state index contributed by atoms with van der Waals surface area (Å²) in [7, 11) is 0. The summed E-state index contributed by atoms with van der Waals surface area (Å²) in [5.41, 5.74) is 11.0. The highest BCUT2D eigenvalue weighted by Crippen LogP contribution is 2.18. The van der Waals surface area contributed by atoms with Crippen molar-refractivity contribution >= 4 is 11.8 Å². The van der Waals surface area contributed by atoms with E-state index < -0.39 is 11.8 Å². The van der Waals surface area contributed by atoms with Crippen LogP contribution in [0, 0.1) is 0 Å². The Morgan fingerprint density at radius 3 is 1.78 bits per heavy atom. The van der Waals surface area contributed by atoms with Crippen molar-refractivity contribution in [3.8, 4) is 5.75 Å². The van der Waals surface area contributed by atoms with E-state index in [1.165, 1.54) is 44.6 Å². The van der Waals surface area contributed by atoms with Gasteiger partial charge in [-0.2, -0.15) is 0 Å². The van der Waals surface area contributed by atoms with Crippen LogP contribution < -0.4 is 16.2 Å². The summed E-state index contributed by atoms with van der Waals surface area (Å²) in [5, 5.41) is 0. The molecule has 2 amide bonds. The van der Waals surface area contributed by atoms with Crippen molar-refractivity contribution in [3.63, 3.8) is 0 Å². The predicted octanol–water partition coefficient (Wildman–Crippen LogP) is 3.40. The highest BCUT2D eigenvalue weighted by Gasteiger charge is 2.09. The van der Waals surface area contributed by atoms with Crippen molar-refractivity contribution < 1.29 is 14.3 Å². The summed E-state index contributed by atoms with van der Waals surface area (Å²) in [4.78, 5) is 22.5. The Labute approximate surface area is 138 Å². The van der Waals surface area contributed by atoms with Gasteiger partial charge in [0.2, 0.25) is 11.8 Å². The van der Waals surface area contributed by atoms with Crippen molar-refractivity contribution in [2.24, 2.45) is 11.5 Å². The molecule has 0 unspecified atom stereocenters. The molecule has 5 nitrogen and oxygen atoms in total. The Morgan fingerprint density at radius 2 is 1.30 bits per heavy atom. The third-order valence-electron chi connectivity index (χ3n) is 3.74. The molecule has 0 radical (unpaired) electrons. The molecule has 23 heavy (non-hydrogen) atoms. The molecule has 1 aromatic rings. The monoisotopic (exact) mass is 320 g/mol. The van der Waals surface area contributed by atoms with Gasteiger partial charge in [0.15, 0.2) is 0 Å². The van der Waals surface area contributed by atoms with E-state index in [-0.39, 0.29) is 11.1 Å². The zero-order valence-electron chi connectivity index (χ0n) is 14.0. The Balaban J connectivity index is 2.34. The number of carbonyl (C=O) groups is 2. The van der Waals surface area contributed by atoms with Gasteiger partial charge in [0.25, 0.3) is 0 Å². The molecule has 0 saturated carbocycles. The first kappa shape index (κ1) is 19.0. The molecular weight excluding hydrogens is 292 g/mol. The lowest BCUT2D eigenvalue weighted by atomic mass is 10.1. The van der Waals surface area contributed by atoms with Crippen molar-refractivity contribution in [1.82, 2.24) is 0 Å². The summed E-state index contributed by atoms with van der Waals surface area (Å²) in [6.45, 7) is 2.77. The normalized spacial score (nSPS) is 10.5. The maximum atomic E-state index is 11.3. The van der Waals surface area contributed by atoms with Crippen molar-refractivity contribution in [3.05, 3.63) is 29.3 Å². The molecule has 0 spiro atoms. The van der Waals surface area contributed by atoms with E-state index in [1.807, 2.05) is 0 Å². The van der Waals surface area contributed by atoms with Gasteiger partial charge >= 0.3 is 0 Å². The van der Waals surface area contributed by atoms with Crippen LogP contribution >= 0.6 is 0 Å². The second-order valence-corrected chi connectivity index (χ2v) is 5.80. The Bertz CT molecular complexity index is 483. The number of amides is 2. The smallest absolute Gasteiger partial charge is 0.248 e. The van der Waals surface area contributed by atoms with Crippen LogP contribution in [-0.4, -0.2) is 18.4 Å². The largest absolute Gasteiger partial charge is 0.494 e. The minimum Gasteiger partial charge on any atom is -0.494 e. The summed E-state index contributed by atoms with van der Waals surface area (Å²) in [5.74, 6) is -0.756. The van der Waals surface area contributed by atoms with E-state index in [0.29, 0.717) is 12.4 Å². The minimum atomic E-state index is -0.606. The Hall–Kier alpha value is -2.04. The first-order chi connectivity index (χ1) is 11.0. The van der Waals surface area contributed by atoms with E-state index in [1.54, 1.807) is 12.1 Å². The molecule has 1 rings (SSSR count).